The van der Waals surface area contributed by atoms with Gasteiger partial charge < -0.3 is 16.0 Å². The zero-order valence-electron chi connectivity index (χ0n) is 17.3. The Morgan fingerprint density at radius 1 is 1.21 bits per heavy atom. The van der Waals surface area contributed by atoms with Gasteiger partial charge in [-0.1, -0.05) is 44.2 Å². The number of anilines is 1. The molecular weight excluding hydrogens is 367 g/mol. The number of guanidine groups is 1. The monoisotopic (exact) mass is 396 g/mol. The highest BCUT2D eigenvalue weighted by Gasteiger charge is 2.25. The highest BCUT2D eigenvalue weighted by Crippen LogP contribution is 2.31. The highest BCUT2D eigenvalue weighted by molar-refractivity contribution is 5.94. The Hall–Kier alpha value is -2.89. The van der Waals surface area contributed by atoms with Crippen LogP contribution in [-0.2, 0) is 10.2 Å². The molecule has 0 bridgehead atoms. The third kappa shape index (κ3) is 5.34. The lowest BCUT2D eigenvalue weighted by Crippen LogP contribution is -2.41. The first-order valence-corrected chi connectivity index (χ1v) is 10.1. The lowest BCUT2D eigenvalue weighted by molar-refractivity contribution is -0.116. The first-order valence-electron chi connectivity index (χ1n) is 10.1. The lowest BCUT2D eigenvalue weighted by Gasteiger charge is -2.27. The summed E-state index contributed by atoms with van der Waals surface area (Å²) in [4.78, 5) is 16.8. The van der Waals surface area contributed by atoms with E-state index >= 15 is 0 Å². The Kier molecular flexibility index (Phi) is 6.52. The predicted octanol–water partition coefficient (Wildman–Crippen LogP) is 3.78. The van der Waals surface area contributed by atoms with Crippen molar-refractivity contribution in [3.8, 4) is 0 Å². The summed E-state index contributed by atoms with van der Waals surface area (Å²) in [5.41, 5.74) is 2.62. The highest BCUT2D eigenvalue weighted by atomic mass is 19.1. The van der Waals surface area contributed by atoms with E-state index in [1.165, 1.54) is 6.07 Å². The summed E-state index contributed by atoms with van der Waals surface area (Å²) < 4.78 is 13.6. The third-order valence-corrected chi connectivity index (χ3v) is 5.21. The van der Waals surface area contributed by atoms with E-state index in [2.05, 4.69) is 35.9 Å². The van der Waals surface area contributed by atoms with E-state index in [4.69, 9.17) is 4.99 Å². The average molecular weight is 397 g/mol. The molecule has 1 heterocycles. The molecule has 2 aromatic carbocycles. The number of carbonyl (C=O) groups is 1. The van der Waals surface area contributed by atoms with Crippen LogP contribution in [0.4, 0.5) is 10.1 Å². The molecule has 6 heteroatoms. The van der Waals surface area contributed by atoms with Crippen molar-refractivity contribution in [2.45, 2.75) is 38.5 Å². The van der Waals surface area contributed by atoms with Crippen molar-refractivity contribution in [1.82, 2.24) is 10.6 Å². The fourth-order valence-electron chi connectivity index (χ4n) is 3.52. The molecule has 0 aliphatic carbocycles. The fourth-order valence-corrected chi connectivity index (χ4v) is 3.52. The number of hydrogen-bond donors (Lipinski definition) is 3. The maximum absolute atomic E-state index is 13.6. The number of halogens is 1. The number of aliphatic imine (C=N–C) groups is 1. The van der Waals surface area contributed by atoms with Crippen molar-refractivity contribution in [1.29, 1.82) is 0 Å². The first kappa shape index (κ1) is 20.8. The minimum atomic E-state index is -0.304. The summed E-state index contributed by atoms with van der Waals surface area (Å²) in [6, 6.07) is 14.6. The number of amides is 1. The van der Waals surface area contributed by atoms with Gasteiger partial charge in [0.2, 0.25) is 5.91 Å². The van der Waals surface area contributed by atoms with Gasteiger partial charge in [-0.15, -0.1) is 0 Å². The minimum absolute atomic E-state index is 0.0321. The summed E-state index contributed by atoms with van der Waals surface area (Å²) in [6.07, 6.45) is 0.443. The van der Waals surface area contributed by atoms with Crippen LogP contribution in [0.15, 0.2) is 53.5 Å². The molecule has 5 nitrogen and oxygen atoms in total. The summed E-state index contributed by atoms with van der Waals surface area (Å²) in [7, 11) is 0. The summed E-state index contributed by atoms with van der Waals surface area (Å²) >= 11 is 0. The van der Waals surface area contributed by atoms with Gasteiger partial charge in [-0.25, -0.2) is 4.39 Å². The molecule has 2 aromatic rings. The molecule has 0 spiro atoms. The maximum atomic E-state index is 13.6. The summed E-state index contributed by atoms with van der Waals surface area (Å²) in [5, 5.41) is 9.56. The normalized spacial score (nSPS) is 16.8. The molecule has 0 aromatic heterocycles. The standard InChI is InChI=1S/C23H29FN4O/c1-4-25-22(27-15-23(2,3)17-8-7-9-18(24)13-17)26-14-16-12-21(29)28-20-11-6-5-10-19(16)20/h5-11,13,16H,4,12,14-15H2,1-3H3,(H,28,29)(H2,25,26,27). The second-order valence-electron chi connectivity index (χ2n) is 8.01. The van der Waals surface area contributed by atoms with E-state index < -0.39 is 0 Å². The van der Waals surface area contributed by atoms with Crippen LogP contribution in [0.3, 0.4) is 0 Å². The van der Waals surface area contributed by atoms with E-state index in [1.54, 1.807) is 12.1 Å². The molecule has 0 radical (unpaired) electrons. The SMILES string of the molecule is CCNC(=NCC(C)(C)c1cccc(F)c1)NCC1CC(=O)Nc2ccccc21. The van der Waals surface area contributed by atoms with Crippen LogP contribution < -0.4 is 16.0 Å². The lowest BCUT2D eigenvalue weighted by atomic mass is 9.85. The van der Waals surface area contributed by atoms with Crippen molar-refractivity contribution in [3.63, 3.8) is 0 Å². The van der Waals surface area contributed by atoms with Gasteiger partial charge in [-0.2, -0.15) is 0 Å². The zero-order chi connectivity index (χ0) is 20.9. The van der Waals surface area contributed by atoms with Crippen molar-refractivity contribution in [3.05, 3.63) is 65.5 Å². The second-order valence-corrected chi connectivity index (χ2v) is 8.01. The average Bonchev–Trinajstić information content (AvgIpc) is 2.69. The van der Waals surface area contributed by atoms with Gasteiger partial charge in [0.25, 0.3) is 0 Å². The minimum Gasteiger partial charge on any atom is -0.357 e. The van der Waals surface area contributed by atoms with Crippen molar-refractivity contribution in [2.24, 2.45) is 4.99 Å². The Morgan fingerprint density at radius 3 is 2.76 bits per heavy atom. The van der Waals surface area contributed by atoms with Gasteiger partial charge in [0.15, 0.2) is 5.96 Å². The Balaban J connectivity index is 1.69. The van der Waals surface area contributed by atoms with E-state index in [9.17, 15) is 9.18 Å². The van der Waals surface area contributed by atoms with Crippen LogP contribution in [0.5, 0.6) is 0 Å². The van der Waals surface area contributed by atoms with Crippen LogP contribution in [0.2, 0.25) is 0 Å². The summed E-state index contributed by atoms with van der Waals surface area (Å²) in [5.74, 6) is 0.573. The Bertz CT molecular complexity index is 894. The molecular formula is C23H29FN4O. The van der Waals surface area contributed by atoms with Gasteiger partial charge in [-0.3, -0.25) is 9.79 Å². The number of rotatable bonds is 6. The molecule has 3 rings (SSSR count). The van der Waals surface area contributed by atoms with Crippen molar-refractivity contribution < 1.29 is 9.18 Å². The number of carbonyl (C=O) groups excluding carboxylic acids is 1. The van der Waals surface area contributed by atoms with Gasteiger partial charge in [0.1, 0.15) is 5.82 Å². The van der Waals surface area contributed by atoms with Crippen LogP contribution in [0.1, 0.15) is 44.2 Å². The molecule has 1 amide bonds. The molecule has 0 saturated carbocycles. The van der Waals surface area contributed by atoms with Gasteiger partial charge in [0.05, 0.1) is 6.54 Å². The smallest absolute Gasteiger partial charge is 0.225 e. The maximum Gasteiger partial charge on any atom is 0.225 e. The molecule has 0 saturated heterocycles. The third-order valence-electron chi connectivity index (χ3n) is 5.21. The quantitative estimate of drug-likeness (QED) is 0.514. The number of nitrogens with zero attached hydrogens (tertiary/aromatic N) is 1. The fraction of sp³-hybridized carbons (Fsp3) is 0.391. The van der Waals surface area contributed by atoms with Gasteiger partial charge >= 0.3 is 0 Å². The van der Waals surface area contributed by atoms with Crippen molar-refractivity contribution in [2.75, 3.05) is 25.0 Å². The Labute approximate surface area is 171 Å². The van der Waals surface area contributed by atoms with E-state index in [1.807, 2.05) is 31.2 Å². The molecule has 29 heavy (non-hydrogen) atoms. The van der Waals surface area contributed by atoms with Crippen LogP contribution in [0.25, 0.3) is 0 Å². The van der Waals surface area contributed by atoms with E-state index in [0.29, 0.717) is 25.5 Å². The molecule has 154 valence electrons. The topological polar surface area (TPSA) is 65.5 Å². The molecule has 1 aliphatic rings. The summed E-state index contributed by atoms with van der Waals surface area (Å²) in [6.45, 7) is 7.96. The number of nitrogens with one attached hydrogen (secondary N) is 3. The number of para-hydroxylation sites is 1. The molecule has 0 fully saturated rings. The number of hydrogen-bond acceptors (Lipinski definition) is 2. The zero-order valence-corrected chi connectivity index (χ0v) is 17.3. The van der Waals surface area contributed by atoms with Gasteiger partial charge in [-0.05, 0) is 36.2 Å². The van der Waals surface area contributed by atoms with Gasteiger partial charge in [0, 0.05) is 36.5 Å². The van der Waals surface area contributed by atoms with Crippen LogP contribution in [-0.4, -0.2) is 31.5 Å². The van der Waals surface area contributed by atoms with E-state index in [-0.39, 0.29) is 23.1 Å². The second kappa shape index (κ2) is 9.07. The first-order chi connectivity index (χ1) is 13.9. The van der Waals surface area contributed by atoms with Crippen LogP contribution >= 0.6 is 0 Å². The molecule has 1 aliphatic heterocycles. The molecule has 1 unspecified atom stereocenters. The molecule has 1 atom stereocenters. The Morgan fingerprint density at radius 2 is 2.00 bits per heavy atom. The molecule has 3 N–H and O–H groups in total. The van der Waals surface area contributed by atoms with E-state index in [0.717, 1.165) is 23.4 Å². The number of benzene rings is 2. The predicted molar refractivity (Wildman–Crippen MR) is 116 cm³/mol. The number of fused-ring (bicyclic) bond motifs is 1. The largest absolute Gasteiger partial charge is 0.357 e. The van der Waals surface area contributed by atoms with Crippen molar-refractivity contribution >= 4 is 17.6 Å². The van der Waals surface area contributed by atoms with Crippen LogP contribution in [0, 0.1) is 5.82 Å².